The van der Waals surface area contributed by atoms with Gasteiger partial charge in [-0.3, -0.25) is 4.79 Å². The fourth-order valence-corrected chi connectivity index (χ4v) is 2.48. The van der Waals surface area contributed by atoms with Crippen LogP contribution in [-0.2, 0) is 19.2 Å². The van der Waals surface area contributed by atoms with Crippen LogP contribution in [-0.4, -0.2) is 40.9 Å². The summed E-state index contributed by atoms with van der Waals surface area (Å²) >= 11 is 0. The Labute approximate surface area is 136 Å². The van der Waals surface area contributed by atoms with Crippen LogP contribution in [0.2, 0.25) is 0 Å². The topological polar surface area (TPSA) is 97.2 Å². The Kier molecular flexibility index (Phi) is 3.96. The van der Waals surface area contributed by atoms with Gasteiger partial charge in [0.05, 0.1) is 11.8 Å². The molecule has 2 atom stereocenters. The van der Waals surface area contributed by atoms with Crippen molar-refractivity contribution in [2.75, 3.05) is 6.61 Å². The normalized spacial score (nSPS) is 25.3. The Morgan fingerprint density at radius 1 is 1.46 bits per heavy atom. The molecule has 1 aromatic carbocycles. The Bertz CT molecular complexity index is 761. The largest absolute Gasteiger partial charge is 0.484 e. The van der Waals surface area contributed by atoms with Crippen molar-refractivity contribution in [2.24, 2.45) is 5.16 Å². The van der Waals surface area contributed by atoms with Gasteiger partial charge in [0.25, 0.3) is 5.91 Å². The van der Waals surface area contributed by atoms with Gasteiger partial charge in [0.1, 0.15) is 12.4 Å². The zero-order valence-corrected chi connectivity index (χ0v) is 12.8. The second kappa shape index (κ2) is 5.95. The van der Waals surface area contributed by atoms with E-state index >= 15 is 0 Å². The minimum Gasteiger partial charge on any atom is -0.484 e. The molecule has 0 bridgehead atoms. The first-order chi connectivity index (χ1) is 11.4. The van der Waals surface area contributed by atoms with Crippen molar-refractivity contribution in [1.82, 2.24) is 5.32 Å². The van der Waals surface area contributed by atoms with Crippen LogP contribution in [0.15, 0.2) is 41.3 Å². The van der Waals surface area contributed by atoms with E-state index in [0.29, 0.717) is 11.3 Å². The van der Waals surface area contributed by atoms with E-state index < -0.39 is 29.3 Å². The van der Waals surface area contributed by atoms with Gasteiger partial charge >= 0.3 is 5.97 Å². The maximum absolute atomic E-state index is 13.3. The minimum absolute atomic E-state index is 0.0427. The molecule has 1 unspecified atom stereocenters. The fraction of sp³-hybridized carbons (Fsp3) is 0.312. The highest BCUT2D eigenvalue weighted by Crippen LogP contribution is 2.27. The predicted octanol–water partition coefficient (Wildman–Crippen LogP) is 1.19. The van der Waals surface area contributed by atoms with E-state index in [2.05, 4.69) is 10.5 Å². The highest BCUT2D eigenvalue weighted by atomic mass is 19.1. The average Bonchev–Trinajstić information content (AvgIpc) is 3.15. The highest BCUT2D eigenvalue weighted by Gasteiger charge is 2.43. The maximum atomic E-state index is 13.3. The van der Waals surface area contributed by atoms with Crippen LogP contribution in [0.25, 0.3) is 0 Å². The summed E-state index contributed by atoms with van der Waals surface area (Å²) in [7, 11) is 0. The molecule has 2 heterocycles. The lowest BCUT2D eigenvalue weighted by Gasteiger charge is -2.22. The molecule has 2 aliphatic heterocycles. The third kappa shape index (κ3) is 3.08. The summed E-state index contributed by atoms with van der Waals surface area (Å²) in [5, 5.41) is 15.4. The quantitative estimate of drug-likeness (QED) is 0.862. The molecule has 0 saturated heterocycles. The van der Waals surface area contributed by atoms with E-state index in [-0.39, 0.29) is 18.8 Å². The number of carboxylic acid groups (broad SMARTS) is 1. The molecular weight excluding hydrogens is 319 g/mol. The van der Waals surface area contributed by atoms with Crippen molar-refractivity contribution in [3.05, 3.63) is 47.5 Å². The van der Waals surface area contributed by atoms with Crippen LogP contribution in [0.5, 0.6) is 0 Å². The molecule has 1 amide bonds. The maximum Gasteiger partial charge on any atom is 0.370 e. The number of carbonyl (C=O) groups is 2. The second-order valence-electron chi connectivity index (χ2n) is 5.77. The number of aliphatic carboxylic acids is 1. The number of ether oxygens (including phenoxy) is 1. The molecule has 0 radical (unpaired) electrons. The summed E-state index contributed by atoms with van der Waals surface area (Å²) in [5.41, 5.74) is -0.234. The zero-order valence-electron chi connectivity index (χ0n) is 12.8. The van der Waals surface area contributed by atoms with Gasteiger partial charge in [-0.25, -0.2) is 9.18 Å². The number of benzene rings is 1. The first-order valence-corrected chi connectivity index (χ1v) is 7.27. The molecule has 0 aromatic heterocycles. The van der Waals surface area contributed by atoms with E-state index in [1.54, 1.807) is 19.1 Å². The number of amides is 1. The van der Waals surface area contributed by atoms with Gasteiger partial charge in [0.15, 0.2) is 0 Å². The molecule has 1 aromatic rings. The van der Waals surface area contributed by atoms with Crippen LogP contribution < -0.4 is 5.32 Å². The summed E-state index contributed by atoms with van der Waals surface area (Å²) in [6.07, 6.45) is 1.50. The number of carbonyl (C=O) groups excluding carboxylic acids is 1. The number of carboxylic acids is 1. The number of halogens is 1. The molecule has 2 aliphatic rings. The van der Waals surface area contributed by atoms with Gasteiger partial charge in [0.2, 0.25) is 11.4 Å². The molecule has 3 rings (SSSR count). The smallest absolute Gasteiger partial charge is 0.370 e. The van der Waals surface area contributed by atoms with Crippen molar-refractivity contribution in [1.29, 1.82) is 0 Å². The van der Waals surface area contributed by atoms with Crippen molar-refractivity contribution >= 4 is 17.6 Å². The monoisotopic (exact) mass is 334 g/mol. The predicted molar refractivity (Wildman–Crippen MR) is 80.6 cm³/mol. The molecule has 0 spiro atoms. The van der Waals surface area contributed by atoms with Crippen LogP contribution in [0.1, 0.15) is 18.9 Å². The molecule has 2 N–H and O–H groups in total. The molecule has 0 aliphatic carbocycles. The number of nitrogens with one attached hydrogen (secondary N) is 1. The lowest BCUT2D eigenvalue weighted by molar-refractivity contribution is -0.142. The van der Waals surface area contributed by atoms with Crippen molar-refractivity contribution in [3.63, 3.8) is 0 Å². The van der Waals surface area contributed by atoms with E-state index in [9.17, 15) is 14.0 Å². The van der Waals surface area contributed by atoms with Crippen LogP contribution in [0.3, 0.4) is 0 Å². The van der Waals surface area contributed by atoms with Gasteiger partial charge in [-0.05, 0) is 25.1 Å². The van der Waals surface area contributed by atoms with Crippen molar-refractivity contribution in [3.8, 4) is 0 Å². The highest BCUT2D eigenvalue weighted by molar-refractivity contribution is 6.05. The van der Waals surface area contributed by atoms with Gasteiger partial charge in [0, 0.05) is 12.0 Å². The standard InChI is InChI=1S/C16H15FN2O5/c1-16(15(22)18-11-6-13(14(20)21)23-8-11)7-12(19-24-16)9-3-2-4-10(17)5-9/h2-6,11H,7-8H2,1H3,(H,18,22)(H,20,21)/t11-,16?/m1/s1. The first kappa shape index (κ1) is 16.0. The molecule has 24 heavy (non-hydrogen) atoms. The Morgan fingerprint density at radius 2 is 2.25 bits per heavy atom. The summed E-state index contributed by atoms with van der Waals surface area (Å²) in [6, 6.07) is 5.32. The Hall–Kier alpha value is -2.90. The lowest BCUT2D eigenvalue weighted by atomic mass is 9.95. The SMILES string of the molecule is CC1(C(=O)N[C@@H]2C=C(C(=O)O)OC2)CC(c2cccc(F)c2)=NO1. The Morgan fingerprint density at radius 3 is 2.92 bits per heavy atom. The molecule has 8 heteroatoms. The molecule has 126 valence electrons. The van der Waals surface area contributed by atoms with Gasteiger partial charge in [-0.1, -0.05) is 17.3 Å². The van der Waals surface area contributed by atoms with E-state index in [4.69, 9.17) is 14.7 Å². The summed E-state index contributed by atoms with van der Waals surface area (Å²) in [4.78, 5) is 28.5. The zero-order chi connectivity index (χ0) is 17.3. The summed E-state index contributed by atoms with van der Waals surface area (Å²) < 4.78 is 18.3. The van der Waals surface area contributed by atoms with E-state index in [1.807, 2.05) is 0 Å². The fourth-order valence-electron chi connectivity index (χ4n) is 2.48. The van der Waals surface area contributed by atoms with Crippen LogP contribution in [0.4, 0.5) is 4.39 Å². The Balaban J connectivity index is 1.66. The van der Waals surface area contributed by atoms with Crippen molar-refractivity contribution in [2.45, 2.75) is 25.0 Å². The first-order valence-electron chi connectivity index (χ1n) is 7.27. The number of hydrogen-bond acceptors (Lipinski definition) is 5. The van der Waals surface area contributed by atoms with E-state index in [1.165, 1.54) is 18.2 Å². The third-order valence-electron chi connectivity index (χ3n) is 3.80. The number of hydrogen-bond donors (Lipinski definition) is 2. The second-order valence-corrected chi connectivity index (χ2v) is 5.77. The minimum atomic E-state index is -1.25. The molecule has 0 saturated carbocycles. The number of nitrogens with zero attached hydrogens (tertiary/aromatic N) is 1. The summed E-state index contributed by atoms with van der Waals surface area (Å²) in [6.45, 7) is 1.61. The van der Waals surface area contributed by atoms with Gasteiger partial charge in [-0.2, -0.15) is 0 Å². The molecule has 0 fully saturated rings. The van der Waals surface area contributed by atoms with Crippen LogP contribution >= 0.6 is 0 Å². The average molecular weight is 334 g/mol. The third-order valence-corrected chi connectivity index (χ3v) is 3.80. The number of oxime groups is 1. The van der Waals surface area contributed by atoms with Gasteiger partial charge < -0.3 is 20.0 Å². The van der Waals surface area contributed by atoms with Crippen LogP contribution in [0, 0.1) is 5.82 Å². The summed E-state index contributed by atoms with van der Waals surface area (Å²) in [5.74, 6) is -2.24. The lowest BCUT2D eigenvalue weighted by Crippen LogP contribution is -2.48. The van der Waals surface area contributed by atoms with E-state index in [0.717, 1.165) is 0 Å². The molecule has 7 nitrogen and oxygen atoms in total. The van der Waals surface area contributed by atoms with Gasteiger partial charge in [-0.15, -0.1) is 0 Å². The molecular formula is C16H15FN2O5. The number of rotatable bonds is 4. The van der Waals surface area contributed by atoms with Crippen molar-refractivity contribution < 1.29 is 28.7 Å².